The van der Waals surface area contributed by atoms with Gasteiger partial charge >= 0.3 is 0 Å². The average molecular weight is 123 g/mol. The zero-order chi connectivity index (χ0) is 4.83. The first-order valence-electron chi connectivity index (χ1n) is 1.44. The molecule has 0 atom stereocenters. The predicted octanol–water partition coefficient (Wildman–Crippen LogP) is 2.49. The molecule has 0 saturated heterocycles. The van der Waals surface area contributed by atoms with Crippen molar-refractivity contribution in [2.45, 2.75) is 0 Å². The lowest BCUT2D eigenvalue weighted by Gasteiger charge is -1.59. The van der Waals surface area contributed by atoms with Crippen molar-refractivity contribution in [2.75, 3.05) is 0 Å². The Balaban J connectivity index is 3.07. The fourth-order valence-corrected chi connectivity index (χ4v) is 0.252. The molecule has 6 heavy (non-hydrogen) atoms. The molecule has 0 radical (unpaired) electrons. The molecule has 34 valence electrons. The van der Waals surface area contributed by atoms with E-state index < -0.39 is 0 Å². The van der Waals surface area contributed by atoms with Crippen molar-refractivity contribution in [1.82, 2.24) is 0 Å². The SMILES string of the molecule is Cl/C=C/C=C/Cl. The quantitative estimate of drug-likeness (QED) is 0.470. The van der Waals surface area contributed by atoms with Crippen LogP contribution >= 0.6 is 23.2 Å². The van der Waals surface area contributed by atoms with Crippen LogP contribution in [0.5, 0.6) is 0 Å². The van der Waals surface area contributed by atoms with Gasteiger partial charge in [-0.1, -0.05) is 35.4 Å². The molecular weight excluding hydrogens is 119 g/mol. The number of halogens is 2. The summed E-state index contributed by atoms with van der Waals surface area (Å²) in [6.45, 7) is 0. The van der Waals surface area contributed by atoms with Gasteiger partial charge in [0.05, 0.1) is 0 Å². The molecule has 0 heterocycles. The molecule has 0 aromatic rings. The van der Waals surface area contributed by atoms with Gasteiger partial charge in [-0.15, -0.1) is 0 Å². The summed E-state index contributed by atoms with van der Waals surface area (Å²) >= 11 is 10.2. The minimum absolute atomic E-state index is 1.39. The molecule has 0 amide bonds. The Hall–Kier alpha value is 0.0600. The second kappa shape index (κ2) is 5.06. The standard InChI is InChI=1S/C4H4Cl2/c5-3-1-2-4-6/h1-4H/b3-1+,4-2+. The molecule has 0 aliphatic carbocycles. The topological polar surface area (TPSA) is 0 Å². The van der Waals surface area contributed by atoms with E-state index in [0.717, 1.165) is 0 Å². The van der Waals surface area contributed by atoms with E-state index in [9.17, 15) is 0 Å². The Bertz CT molecular complexity index is 53.9. The summed E-state index contributed by atoms with van der Waals surface area (Å²) in [7, 11) is 0. The molecule has 0 aliphatic heterocycles. The Morgan fingerprint density at radius 1 is 0.833 bits per heavy atom. The number of allylic oxidation sites excluding steroid dienone is 2. The van der Waals surface area contributed by atoms with Crippen LogP contribution in [0.3, 0.4) is 0 Å². The van der Waals surface area contributed by atoms with E-state index >= 15 is 0 Å². The zero-order valence-electron chi connectivity index (χ0n) is 3.07. The molecule has 0 aromatic heterocycles. The normalized spacial score (nSPS) is 11.7. The van der Waals surface area contributed by atoms with Gasteiger partial charge in [0, 0.05) is 11.1 Å². The molecule has 0 fully saturated rings. The van der Waals surface area contributed by atoms with E-state index in [1.54, 1.807) is 12.2 Å². The molecule has 0 bridgehead atoms. The second-order valence-corrected chi connectivity index (χ2v) is 1.14. The van der Waals surface area contributed by atoms with Crippen LogP contribution in [0.25, 0.3) is 0 Å². The first-order chi connectivity index (χ1) is 2.91. The largest absolute Gasteiger partial charge is 0.0930 e. The Morgan fingerprint density at radius 2 is 1.17 bits per heavy atom. The summed E-state index contributed by atoms with van der Waals surface area (Å²) in [5, 5.41) is 0. The highest BCUT2D eigenvalue weighted by atomic mass is 35.5. The van der Waals surface area contributed by atoms with Crippen molar-refractivity contribution >= 4 is 23.2 Å². The summed E-state index contributed by atoms with van der Waals surface area (Å²) < 4.78 is 0. The third-order valence-corrected chi connectivity index (χ3v) is 0.548. The maximum Gasteiger partial charge on any atom is 0.00427 e. The van der Waals surface area contributed by atoms with Gasteiger partial charge in [0.15, 0.2) is 0 Å². The predicted molar refractivity (Wildman–Crippen MR) is 30.0 cm³/mol. The van der Waals surface area contributed by atoms with Gasteiger partial charge in [-0.25, -0.2) is 0 Å². The van der Waals surface area contributed by atoms with Crippen molar-refractivity contribution in [2.24, 2.45) is 0 Å². The van der Waals surface area contributed by atoms with Crippen LogP contribution in [-0.2, 0) is 0 Å². The van der Waals surface area contributed by atoms with Crippen LogP contribution in [0, 0.1) is 0 Å². The van der Waals surface area contributed by atoms with Gasteiger partial charge in [-0.3, -0.25) is 0 Å². The summed E-state index contributed by atoms with van der Waals surface area (Å²) in [4.78, 5) is 0. The highest BCUT2D eigenvalue weighted by Gasteiger charge is 1.52. The first kappa shape index (κ1) is 6.06. The van der Waals surface area contributed by atoms with Crippen LogP contribution in [0.4, 0.5) is 0 Å². The zero-order valence-corrected chi connectivity index (χ0v) is 4.58. The van der Waals surface area contributed by atoms with Crippen LogP contribution in [0.2, 0.25) is 0 Å². The molecule has 0 N–H and O–H groups in total. The van der Waals surface area contributed by atoms with Gasteiger partial charge in [0.25, 0.3) is 0 Å². The van der Waals surface area contributed by atoms with Crippen molar-refractivity contribution < 1.29 is 0 Å². The van der Waals surface area contributed by atoms with Crippen LogP contribution in [0.15, 0.2) is 23.2 Å². The van der Waals surface area contributed by atoms with Crippen LogP contribution in [-0.4, -0.2) is 0 Å². The first-order valence-corrected chi connectivity index (χ1v) is 2.31. The lowest BCUT2D eigenvalue weighted by Crippen LogP contribution is -1.34. The van der Waals surface area contributed by atoms with E-state index in [2.05, 4.69) is 0 Å². The van der Waals surface area contributed by atoms with E-state index in [4.69, 9.17) is 23.2 Å². The minimum atomic E-state index is 1.39. The van der Waals surface area contributed by atoms with E-state index in [1.807, 2.05) is 0 Å². The molecule has 0 rings (SSSR count). The Morgan fingerprint density at radius 3 is 1.33 bits per heavy atom. The highest BCUT2D eigenvalue weighted by Crippen LogP contribution is 1.81. The molecule has 0 aromatic carbocycles. The molecule has 0 spiro atoms. The summed E-state index contributed by atoms with van der Waals surface area (Å²) in [6, 6.07) is 0. The van der Waals surface area contributed by atoms with Gasteiger partial charge in [-0.2, -0.15) is 0 Å². The lowest BCUT2D eigenvalue weighted by atomic mass is 10.6. The third kappa shape index (κ3) is 4.06. The van der Waals surface area contributed by atoms with Crippen molar-refractivity contribution in [3.8, 4) is 0 Å². The van der Waals surface area contributed by atoms with E-state index in [1.165, 1.54) is 11.1 Å². The number of hydrogen-bond acceptors (Lipinski definition) is 0. The van der Waals surface area contributed by atoms with E-state index in [0.29, 0.717) is 0 Å². The Kier molecular flexibility index (Phi) is 5.11. The highest BCUT2D eigenvalue weighted by molar-refractivity contribution is 6.26. The van der Waals surface area contributed by atoms with Gasteiger partial charge in [0.1, 0.15) is 0 Å². The summed E-state index contributed by atoms with van der Waals surface area (Å²) in [6.07, 6.45) is 3.27. The van der Waals surface area contributed by atoms with Crippen molar-refractivity contribution in [3.05, 3.63) is 23.2 Å². The average Bonchev–Trinajstić information content (AvgIpc) is 1.61. The lowest BCUT2D eigenvalue weighted by molar-refractivity contribution is 2.08. The second-order valence-electron chi connectivity index (χ2n) is 0.637. The van der Waals surface area contributed by atoms with Gasteiger partial charge in [0.2, 0.25) is 0 Å². The molecular formula is C4H4Cl2. The smallest absolute Gasteiger partial charge is 0.00427 e. The van der Waals surface area contributed by atoms with Crippen molar-refractivity contribution in [1.29, 1.82) is 0 Å². The summed E-state index contributed by atoms with van der Waals surface area (Å²) in [5.41, 5.74) is 2.78. The third-order valence-electron chi connectivity index (χ3n) is 0.257. The monoisotopic (exact) mass is 122 g/mol. The number of hydrogen-bond donors (Lipinski definition) is 0. The van der Waals surface area contributed by atoms with Crippen molar-refractivity contribution in [3.63, 3.8) is 0 Å². The molecule has 0 saturated carbocycles. The Labute approximate surface area is 47.1 Å². The number of rotatable bonds is 1. The maximum atomic E-state index is 5.09. The fraction of sp³-hybridized carbons (Fsp3) is 0. The minimum Gasteiger partial charge on any atom is -0.0930 e. The fourth-order valence-electron chi connectivity index (χ4n) is 0.0840. The molecule has 0 nitrogen and oxygen atoms in total. The van der Waals surface area contributed by atoms with Crippen LogP contribution < -0.4 is 0 Å². The summed E-state index contributed by atoms with van der Waals surface area (Å²) in [5.74, 6) is 0. The van der Waals surface area contributed by atoms with Gasteiger partial charge < -0.3 is 0 Å². The molecule has 0 aliphatic rings. The molecule has 0 unspecified atom stereocenters. The van der Waals surface area contributed by atoms with E-state index in [-0.39, 0.29) is 0 Å². The van der Waals surface area contributed by atoms with Crippen LogP contribution in [0.1, 0.15) is 0 Å². The van der Waals surface area contributed by atoms with Gasteiger partial charge in [-0.05, 0) is 0 Å². The maximum absolute atomic E-state index is 5.09. The molecule has 2 heteroatoms.